The smallest absolute Gasteiger partial charge is 0.0409 e. The summed E-state index contributed by atoms with van der Waals surface area (Å²) in [7, 11) is 0. The van der Waals surface area contributed by atoms with E-state index in [1.807, 2.05) is 12.1 Å². The normalized spacial score (nSPS) is 26.1. The van der Waals surface area contributed by atoms with Gasteiger partial charge in [-0.05, 0) is 36.5 Å². The lowest BCUT2D eigenvalue weighted by atomic mass is 10.1. The van der Waals surface area contributed by atoms with Crippen LogP contribution in [0.2, 0.25) is 5.02 Å². The number of piperazine rings is 1. The van der Waals surface area contributed by atoms with Crippen LogP contribution in [-0.4, -0.2) is 30.6 Å². The Morgan fingerprint density at radius 1 is 1.35 bits per heavy atom. The van der Waals surface area contributed by atoms with E-state index in [-0.39, 0.29) is 0 Å². The molecule has 1 aromatic rings. The Morgan fingerprint density at radius 3 is 3.00 bits per heavy atom. The van der Waals surface area contributed by atoms with E-state index in [2.05, 4.69) is 22.3 Å². The first-order valence-electron chi connectivity index (χ1n) is 6.51. The molecular weight excluding hydrogens is 232 g/mol. The van der Waals surface area contributed by atoms with Crippen LogP contribution < -0.4 is 5.32 Å². The Hall–Kier alpha value is -0.570. The molecular formula is C14H19ClN2. The summed E-state index contributed by atoms with van der Waals surface area (Å²) in [5, 5.41) is 4.48. The molecule has 0 spiro atoms. The van der Waals surface area contributed by atoms with Crippen LogP contribution >= 0.6 is 11.6 Å². The Kier molecular flexibility index (Phi) is 3.37. The Balaban J connectivity index is 1.60. The molecule has 0 amide bonds. The first-order valence-corrected chi connectivity index (χ1v) is 6.89. The van der Waals surface area contributed by atoms with Crippen molar-refractivity contribution in [3.8, 4) is 0 Å². The maximum Gasteiger partial charge on any atom is 0.0409 e. The molecule has 0 bridgehead atoms. The molecule has 0 aromatic heterocycles. The van der Waals surface area contributed by atoms with Gasteiger partial charge in [0.05, 0.1) is 0 Å². The molecule has 2 nitrogen and oxygen atoms in total. The van der Waals surface area contributed by atoms with Crippen molar-refractivity contribution < 1.29 is 0 Å². The van der Waals surface area contributed by atoms with Crippen LogP contribution in [0.15, 0.2) is 24.3 Å². The highest BCUT2D eigenvalue weighted by atomic mass is 35.5. The van der Waals surface area contributed by atoms with E-state index < -0.39 is 0 Å². The van der Waals surface area contributed by atoms with Gasteiger partial charge in [0.1, 0.15) is 0 Å². The predicted octanol–water partition coefficient (Wildman–Crippen LogP) is 2.52. The third-order valence-corrected chi connectivity index (χ3v) is 4.01. The average Bonchev–Trinajstić information content (AvgIpc) is 3.13. The zero-order chi connectivity index (χ0) is 11.7. The fraction of sp³-hybridized carbons (Fsp3) is 0.571. The number of hydrogen-bond acceptors (Lipinski definition) is 2. The highest BCUT2D eigenvalue weighted by molar-refractivity contribution is 6.30. The second-order valence-electron chi connectivity index (χ2n) is 5.26. The maximum absolute atomic E-state index is 6.02. The van der Waals surface area contributed by atoms with Gasteiger partial charge in [-0.25, -0.2) is 0 Å². The number of rotatable bonds is 3. The summed E-state index contributed by atoms with van der Waals surface area (Å²) < 4.78 is 0. The Bertz CT molecular complexity index is 390. The number of benzene rings is 1. The minimum Gasteiger partial charge on any atom is -0.311 e. The van der Waals surface area contributed by atoms with E-state index in [1.165, 1.54) is 24.9 Å². The molecule has 1 saturated carbocycles. The highest BCUT2D eigenvalue weighted by Gasteiger charge is 2.33. The summed E-state index contributed by atoms with van der Waals surface area (Å²) in [6.07, 6.45) is 2.84. The van der Waals surface area contributed by atoms with Crippen molar-refractivity contribution in [2.45, 2.75) is 25.4 Å². The highest BCUT2D eigenvalue weighted by Crippen LogP contribution is 2.33. The minimum absolute atomic E-state index is 0.725. The molecule has 3 rings (SSSR count). The fourth-order valence-electron chi connectivity index (χ4n) is 2.69. The molecule has 0 radical (unpaired) electrons. The monoisotopic (exact) mass is 250 g/mol. The molecule has 2 aliphatic rings. The van der Waals surface area contributed by atoms with Gasteiger partial charge in [-0.1, -0.05) is 23.7 Å². The zero-order valence-corrected chi connectivity index (χ0v) is 10.8. The average molecular weight is 251 g/mol. The van der Waals surface area contributed by atoms with Gasteiger partial charge in [-0.2, -0.15) is 0 Å². The van der Waals surface area contributed by atoms with Crippen LogP contribution in [0.25, 0.3) is 0 Å². The number of halogens is 1. The lowest BCUT2D eigenvalue weighted by molar-refractivity contribution is 0.181. The van der Waals surface area contributed by atoms with Crippen molar-refractivity contribution >= 4 is 11.6 Å². The standard InChI is InChI=1S/C14H19ClN2/c15-13-3-1-2-11(8-13)9-17-7-6-16-14(10-17)12-4-5-12/h1-3,8,12,14,16H,4-7,9-10H2. The topological polar surface area (TPSA) is 15.3 Å². The van der Waals surface area contributed by atoms with Gasteiger partial charge in [-0.15, -0.1) is 0 Å². The second kappa shape index (κ2) is 4.97. The lowest BCUT2D eigenvalue weighted by Gasteiger charge is -2.33. The molecule has 1 N–H and O–H groups in total. The number of hydrogen-bond donors (Lipinski definition) is 1. The lowest BCUT2D eigenvalue weighted by Crippen LogP contribution is -2.51. The van der Waals surface area contributed by atoms with Gasteiger partial charge >= 0.3 is 0 Å². The quantitative estimate of drug-likeness (QED) is 0.887. The van der Waals surface area contributed by atoms with Crippen LogP contribution in [0, 0.1) is 5.92 Å². The van der Waals surface area contributed by atoms with Gasteiger partial charge in [-0.3, -0.25) is 4.90 Å². The van der Waals surface area contributed by atoms with Crippen molar-refractivity contribution in [1.29, 1.82) is 0 Å². The Labute approximate surface area is 108 Å². The van der Waals surface area contributed by atoms with Crippen LogP contribution in [0.4, 0.5) is 0 Å². The summed E-state index contributed by atoms with van der Waals surface area (Å²) in [5.74, 6) is 0.942. The summed E-state index contributed by atoms with van der Waals surface area (Å²) >= 11 is 6.02. The maximum atomic E-state index is 6.02. The minimum atomic E-state index is 0.725. The number of nitrogens with one attached hydrogen (secondary N) is 1. The summed E-state index contributed by atoms with van der Waals surface area (Å²) in [5.41, 5.74) is 1.33. The van der Waals surface area contributed by atoms with E-state index >= 15 is 0 Å². The fourth-order valence-corrected chi connectivity index (χ4v) is 2.91. The van der Waals surface area contributed by atoms with E-state index in [9.17, 15) is 0 Å². The van der Waals surface area contributed by atoms with Crippen molar-refractivity contribution in [1.82, 2.24) is 10.2 Å². The summed E-state index contributed by atoms with van der Waals surface area (Å²) in [6, 6.07) is 8.95. The SMILES string of the molecule is Clc1cccc(CN2CCNC(C3CC3)C2)c1. The van der Waals surface area contributed by atoms with Crippen molar-refractivity contribution in [3.05, 3.63) is 34.9 Å². The first kappa shape index (κ1) is 11.5. The van der Waals surface area contributed by atoms with Crippen molar-refractivity contribution in [2.24, 2.45) is 5.92 Å². The van der Waals surface area contributed by atoms with Gasteiger partial charge in [0.2, 0.25) is 0 Å². The molecule has 1 aromatic carbocycles. The van der Waals surface area contributed by atoms with Gasteiger partial charge < -0.3 is 5.32 Å². The molecule has 1 atom stereocenters. The van der Waals surface area contributed by atoms with E-state index in [0.29, 0.717) is 0 Å². The molecule has 1 saturated heterocycles. The summed E-state index contributed by atoms with van der Waals surface area (Å²) in [4.78, 5) is 2.55. The molecule has 3 heteroatoms. The van der Waals surface area contributed by atoms with Gasteiger partial charge in [0, 0.05) is 37.2 Å². The van der Waals surface area contributed by atoms with Crippen molar-refractivity contribution in [3.63, 3.8) is 0 Å². The largest absolute Gasteiger partial charge is 0.311 e. The van der Waals surface area contributed by atoms with Gasteiger partial charge in [0.25, 0.3) is 0 Å². The van der Waals surface area contributed by atoms with Crippen LogP contribution in [-0.2, 0) is 6.54 Å². The summed E-state index contributed by atoms with van der Waals surface area (Å²) in [6.45, 7) is 4.50. The van der Waals surface area contributed by atoms with Crippen LogP contribution in [0.3, 0.4) is 0 Å². The van der Waals surface area contributed by atoms with Crippen LogP contribution in [0.1, 0.15) is 18.4 Å². The van der Waals surface area contributed by atoms with Gasteiger partial charge in [0.15, 0.2) is 0 Å². The van der Waals surface area contributed by atoms with E-state index in [0.717, 1.165) is 36.6 Å². The number of nitrogens with zero attached hydrogens (tertiary/aromatic N) is 1. The molecule has 1 heterocycles. The van der Waals surface area contributed by atoms with E-state index in [1.54, 1.807) is 0 Å². The molecule has 1 aliphatic carbocycles. The van der Waals surface area contributed by atoms with Crippen molar-refractivity contribution in [2.75, 3.05) is 19.6 Å². The predicted molar refractivity (Wildman–Crippen MR) is 71.2 cm³/mol. The van der Waals surface area contributed by atoms with E-state index in [4.69, 9.17) is 11.6 Å². The molecule has 2 fully saturated rings. The molecule has 17 heavy (non-hydrogen) atoms. The first-order chi connectivity index (χ1) is 8.31. The van der Waals surface area contributed by atoms with Crippen LogP contribution in [0.5, 0.6) is 0 Å². The molecule has 92 valence electrons. The molecule has 1 unspecified atom stereocenters. The zero-order valence-electron chi connectivity index (χ0n) is 10.0. The second-order valence-corrected chi connectivity index (χ2v) is 5.70. The third kappa shape index (κ3) is 3.01. The third-order valence-electron chi connectivity index (χ3n) is 3.78. The Morgan fingerprint density at radius 2 is 2.24 bits per heavy atom. The molecule has 1 aliphatic heterocycles.